The number of methoxy groups -OCH3 is 1. The molecule has 1 unspecified atom stereocenters. The standard InChI is InChI=1S/C29H31NO2/c1-21(32-19-11-14-22-12-6-5-7-13-22)26-20-29(2,3)30-28-24(16-10-17-25(26)28)23-15-8-9-18-27(23)31-4/h5-18,20-21,30H,19H2,1-4H3/b14-11+. The maximum atomic E-state index is 6.24. The molecule has 3 nitrogen and oxygen atoms in total. The van der Waals surface area contributed by atoms with Crippen molar-refractivity contribution in [1.29, 1.82) is 0 Å². The van der Waals surface area contributed by atoms with Crippen molar-refractivity contribution in [1.82, 2.24) is 0 Å². The van der Waals surface area contributed by atoms with Crippen LogP contribution in [0.15, 0.2) is 84.9 Å². The molecule has 1 N–H and O–H groups in total. The van der Waals surface area contributed by atoms with Crippen LogP contribution in [0, 0.1) is 0 Å². The van der Waals surface area contributed by atoms with Gasteiger partial charge in [-0.05, 0) is 38.0 Å². The lowest BCUT2D eigenvalue weighted by atomic mass is 9.85. The van der Waals surface area contributed by atoms with Crippen molar-refractivity contribution in [3.63, 3.8) is 0 Å². The number of nitrogens with one attached hydrogen (secondary N) is 1. The zero-order valence-corrected chi connectivity index (χ0v) is 19.3. The highest BCUT2D eigenvalue weighted by molar-refractivity contribution is 5.93. The second kappa shape index (κ2) is 9.46. The molecule has 1 aliphatic rings. The lowest BCUT2D eigenvalue weighted by molar-refractivity contribution is 0.129. The number of para-hydroxylation sites is 2. The van der Waals surface area contributed by atoms with E-state index >= 15 is 0 Å². The van der Waals surface area contributed by atoms with E-state index in [1.807, 2.05) is 36.4 Å². The summed E-state index contributed by atoms with van der Waals surface area (Å²) in [6, 6.07) is 24.9. The maximum absolute atomic E-state index is 6.24. The lowest BCUT2D eigenvalue weighted by Gasteiger charge is -2.35. The van der Waals surface area contributed by atoms with Gasteiger partial charge in [0, 0.05) is 16.7 Å². The first-order valence-electron chi connectivity index (χ1n) is 11.1. The summed E-state index contributed by atoms with van der Waals surface area (Å²) >= 11 is 0. The molecule has 3 heteroatoms. The van der Waals surface area contributed by atoms with E-state index in [2.05, 4.69) is 80.7 Å². The number of hydrogen-bond donors (Lipinski definition) is 1. The van der Waals surface area contributed by atoms with Crippen LogP contribution >= 0.6 is 0 Å². The van der Waals surface area contributed by atoms with Crippen molar-refractivity contribution in [2.45, 2.75) is 32.4 Å². The quantitative estimate of drug-likeness (QED) is 0.439. The van der Waals surface area contributed by atoms with Crippen molar-refractivity contribution in [3.8, 4) is 16.9 Å². The van der Waals surface area contributed by atoms with Gasteiger partial charge in [0.2, 0.25) is 0 Å². The molecule has 0 aromatic heterocycles. The highest BCUT2D eigenvalue weighted by Gasteiger charge is 2.29. The summed E-state index contributed by atoms with van der Waals surface area (Å²) in [5.74, 6) is 0.868. The Balaban J connectivity index is 1.62. The number of benzene rings is 3. The lowest BCUT2D eigenvalue weighted by Crippen LogP contribution is -2.34. The fourth-order valence-corrected chi connectivity index (χ4v) is 4.22. The molecule has 0 radical (unpaired) electrons. The zero-order valence-electron chi connectivity index (χ0n) is 19.3. The Kier molecular flexibility index (Phi) is 6.48. The predicted octanol–water partition coefficient (Wildman–Crippen LogP) is 7.07. The van der Waals surface area contributed by atoms with Crippen LogP contribution in [-0.2, 0) is 4.74 Å². The first-order chi connectivity index (χ1) is 15.5. The fraction of sp³-hybridized carbons (Fsp3) is 0.241. The van der Waals surface area contributed by atoms with Crippen LogP contribution in [0.5, 0.6) is 5.75 Å². The fourth-order valence-electron chi connectivity index (χ4n) is 4.22. The minimum atomic E-state index is -0.196. The number of rotatable bonds is 7. The van der Waals surface area contributed by atoms with Gasteiger partial charge in [-0.2, -0.15) is 0 Å². The second-order valence-corrected chi connectivity index (χ2v) is 8.66. The SMILES string of the molecule is COc1ccccc1-c1cccc2c1NC(C)(C)C=C2C(C)OC/C=C/c1ccccc1. The van der Waals surface area contributed by atoms with Gasteiger partial charge >= 0.3 is 0 Å². The zero-order chi connectivity index (χ0) is 22.6. The van der Waals surface area contributed by atoms with E-state index in [4.69, 9.17) is 9.47 Å². The molecule has 3 aromatic rings. The van der Waals surface area contributed by atoms with Crippen LogP contribution in [0.3, 0.4) is 0 Å². The van der Waals surface area contributed by atoms with Gasteiger partial charge < -0.3 is 14.8 Å². The van der Waals surface area contributed by atoms with E-state index in [9.17, 15) is 0 Å². The van der Waals surface area contributed by atoms with Gasteiger partial charge in [-0.3, -0.25) is 0 Å². The third-order valence-corrected chi connectivity index (χ3v) is 5.73. The molecule has 1 aliphatic heterocycles. The molecule has 1 heterocycles. The summed E-state index contributed by atoms with van der Waals surface area (Å²) in [7, 11) is 1.72. The first-order valence-corrected chi connectivity index (χ1v) is 11.1. The largest absolute Gasteiger partial charge is 0.496 e. The smallest absolute Gasteiger partial charge is 0.126 e. The van der Waals surface area contributed by atoms with Crippen LogP contribution < -0.4 is 10.1 Å². The van der Waals surface area contributed by atoms with Gasteiger partial charge in [0.1, 0.15) is 5.75 Å². The Morgan fingerprint density at radius 1 is 0.875 bits per heavy atom. The van der Waals surface area contributed by atoms with E-state index in [1.54, 1.807) is 7.11 Å². The first kappa shape index (κ1) is 21.9. The van der Waals surface area contributed by atoms with Gasteiger partial charge in [-0.1, -0.05) is 85.0 Å². The summed E-state index contributed by atoms with van der Waals surface area (Å²) in [5.41, 5.74) is 6.69. The molecule has 3 aromatic carbocycles. The summed E-state index contributed by atoms with van der Waals surface area (Å²) in [6.45, 7) is 7.07. The van der Waals surface area contributed by atoms with Gasteiger partial charge in [0.25, 0.3) is 0 Å². The minimum Gasteiger partial charge on any atom is -0.496 e. The van der Waals surface area contributed by atoms with E-state index in [0.29, 0.717) is 6.61 Å². The van der Waals surface area contributed by atoms with Gasteiger partial charge in [0.15, 0.2) is 0 Å². The molecule has 0 bridgehead atoms. The van der Waals surface area contributed by atoms with Gasteiger partial charge in [-0.25, -0.2) is 0 Å². The van der Waals surface area contributed by atoms with Crippen LogP contribution in [0.4, 0.5) is 5.69 Å². The molecule has 0 fully saturated rings. The summed E-state index contributed by atoms with van der Waals surface area (Å²) in [6.07, 6.45) is 6.42. The number of fused-ring (bicyclic) bond motifs is 1. The third kappa shape index (κ3) is 4.79. The van der Waals surface area contributed by atoms with E-state index in [0.717, 1.165) is 22.6 Å². The normalized spacial score (nSPS) is 15.6. The molecular formula is C29H31NO2. The summed E-state index contributed by atoms with van der Waals surface area (Å²) in [4.78, 5) is 0. The van der Waals surface area contributed by atoms with Crippen LogP contribution in [0.25, 0.3) is 22.8 Å². The summed E-state index contributed by atoms with van der Waals surface area (Å²) in [5, 5.41) is 3.73. The number of hydrogen-bond acceptors (Lipinski definition) is 3. The van der Waals surface area contributed by atoms with E-state index in [-0.39, 0.29) is 11.6 Å². The molecule has 32 heavy (non-hydrogen) atoms. The summed E-state index contributed by atoms with van der Waals surface area (Å²) < 4.78 is 11.9. The molecule has 0 amide bonds. The molecule has 0 aliphatic carbocycles. The average Bonchev–Trinajstić information content (AvgIpc) is 2.81. The van der Waals surface area contributed by atoms with E-state index < -0.39 is 0 Å². The van der Waals surface area contributed by atoms with Crippen LogP contribution in [0.1, 0.15) is 31.9 Å². The highest BCUT2D eigenvalue weighted by atomic mass is 16.5. The molecule has 0 saturated carbocycles. The van der Waals surface area contributed by atoms with Gasteiger partial charge in [0.05, 0.1) is 31.0 Å². The Morgan fingerprint density at radius 3 is 2.34 bits per heavy atom. The molecule has 0 saturated heterocycles. The molecule has 0 spiro atoms. The molecule has 164 valence electrons. The Labute approximate surface area is 191 Å². The Bertz CT molecular complexity index is 1130. The number of anilines is 1. The van der Waals surface area contributed by atoms with Crippen molar-refractivity contribution >= 4 is 17.3 Å². The Hall–Kier alpha value is -3.30. The van der Waals surface area contributed by atoms with Crippen LogP contribution in [-0.4, -0.2) is 25.4 Å². The monoisotopic (exact) mass is 425 g/mol. The molecule has 4 rings (SSSR count). The predicted molar refractivity (Wildman–Crippen MR) is 135 cm³/mol. The Morgan fingerprint density at radius 2 is 1.56 bits per heavy atom. The number of ether oxygens (including phenoxy) is 2. The molecule has 1 atom stereocenters. The van der Waals surface area contributed by atoms with Crippen molar-refractivity contribution < 1.29 is 9.47 Å². The topological polar surface area (TPSA) is 30.5 Å². The van der Waals surface area contributed by atoms with Crippen molar-refractivity contribution in [3.05, 3.63) is 96.1 Å². The second-order valence-electron chi connectivity index (χ2n) is 8.66. The average molecular weight is 426 g/mol. The van der Waals surface area contributed by atoms with Crippen molar-refractivity contribution in [2.24, 2.45) is 0 Å². The van der Waals surface area contributed by atoms with Gasteiger partial charge in [-0.15, -0.1) is 0 Å². The van der Waals surface area contributed by atoms with Crippen LogP contribution in [0.2, 0.25) is 0 Å². The van der Waals surface area contributed by atoms with Crippen molar-refractivity contribution in [2.75, 3.05) is 19.0 Å². The molecular weight excluding hydrogens is 394 g/mol. The maximum Gasteiger partial charge on any atom is 0.126 e. The van der Waals surface area contributed by atoms with E-state index in [1.165, 1.54) is 16.7 Å². The minimum absolute atomic E-state index is 0.0385. The third-order valence-electron chi connectivity index (χ3n) is 5.73. The highest BCUT2D eigenvalue weighted by Crippen LogP contribution is 2.44.